The van der Waals surface area contributed by atoms with Crippen LogP contribution in [-0.2, 0) is 10.0 Å². The van der Waals surface area contributed by atoms with E-state index < -0.39 is 21.9 Å². The first kappa shape index (κ1) is 17.5. The summed E-state index contributed by atoms with van der Waals surface area (Å²) in [5, 5.41) is 10.1. The molecule has 0 aromatic heterocycles. The summed E-state index contributed by atoms with van der Waals surface area (Å²) in [4.78, 5) is 0.0248. The summed E-state index contributed by atoms with van der Waals surface area (Å²) in [5.74, 6) is 0.182. The van der Waals surface area contributed by atoms with Crippen molar-refractivity contribution >= 4 is 15.7 Å². The molecule has 1 unspecified atom stereocenters. The zero-order chi connectivity index (χ0) is 18.2. The third-order valence-electron chi connectivity index (χ3n) is 4.17. The fraction of sp³-hybridized carbons (Fsp3) is 0.294. The van der Waals surface area contributed by atoms with Crippen LogP contribution in [-0.4, -0.2) is 34.3 Å². The maximum atomic E-state index is 13.5. The number of sulfonamides is 1. The number of hydrogen-bond donors (Lipinski definition) is 1. The highest BCUT2D eigenvalue weighted by Crippen LogP contribution is 2.38. The van der Waals surface area contributed by atoms with Crippen LogP contribution in [0.4, 0.5) is 10.1 Å². The predicted molar refractivity (Wildman–Crippen MR) is 90.1 cm³/mol. The van der Waals surface area contributed by atoms with E-state index in [0.29, 0.717) is 11.5 Å². The Morgan fingerprint density at radius 1 is 1.12 bits per heavy atom. The zero-order valence-corrected chi connectivity index (χ0v) is 14.6. The molecular formula is C17H18FNO5S. The maximum absolute atomic E-state index is 13.5. The quantitative estimate of drug-likeness (QED) is 0.898. The van der Waals surface area contributed by atoms with E-state index in [4.69, 9.17) is 9.47 Å². The number of methoxy groups -OCH3 is 2. The molecule has 1 heterocycles. The lowest BCUT2D eigenvalue weighted by molar-refractivity contribution is 0.166. The third-order valence-corrected chi connectivity index (χ3v) is 5.98. The highest BCUT2D eigenvalue weighted by atomic mass is 32.2. The average molecular weight is 367 g/mol. The second kappa shape index (κ2) is 6.53. The van der Waals surface area contributed by atoms with Gasteiger partial charge in [0.2, 0.25) is 0 Å². The molecular weight excluding hydrogens is 349 g/mol. The van der Waals surface area contributed by atoms with Crippen LogP contribution in [0, 0.1) is 5.82 Å². The van der Waals surface area contributed by atoms with Crippen molar-refractivity contribution in [2.45, 2.75) is 17.4 Å². The minimum absolute atomic E-state index is 0.0248. The fourth-order valence-electron chi connectivity index (χ4n) is 2.89. The van der Waals surface area contributed by atoms with Crippen LogP contribution in [0.15, 0.2) is 41.3 Å². The maximum Gasteiger partial charge on any atom is 0.264 e. The van der Waals surface area contributed by atoms with Crippen LogP contribution < -0.4 is 13.8 Å². The van der Waals surface area contributed by atoms with E-state index in [-0.39, 0.29) is 29.1 Å². The van der Waals surface area contributed by atoms with Crippen LogP contribution in [0.5, 0.6) is 11.5 Å². The van der Waals surface area contributed by atoms with Crippen molar-refractivity contribution in [1.29, 1.82) is 0 Å². The Kier molecular flexibility index (Phi) is 4.57. The highest BCUT2D eigenvalue weighted by Gasteiger charge is 2.33. The van der Waals surface area contributed by atoms with Gasteiger partial charge in [-0.3, -0.25) is 4.31 Å². The number of halogens is 1. The summed E-state index contributed by atoms with van der Waals surface area (Å²) in [6.45, 7) is 0.0937. The molecule has 1 N–H and O–H groups in total. The normalized spacial score (nSPS) is 17.1. The summed E-state index contributed by atoms with van der Waals surface area (Å²) in [6.07, 6.45) is -0.717. The number of nitrogens with zero attached hydrogens (tertiary/aromatic N) is 1. The number of rotatable bonds is 4. The number of fused-ring (bicyclic) bond motifs is 1. The van der Waals surface area contributed by atoms with E-state index in [1.807, 2.05) is 0 Å². The van der Waals surface area contributed by atoms with Gasteiger partial charge in [-0.1, -0.05) is 0 Å². The molecule has 0 saturated heterocycles. The van der Waals surface area contributed by atoms with E-state index in [0.717, 1.165) is 6.07 Å². The lowest BCUT2D eigenvalue weighted by Crippen LogP contribution is -2.36. The van der Waals surface area contributed by atoms with Crippen molar-refractivity contribution in [2.75, 3.05) is 25.1 Å². The van der Waals surface area contributed by atoms with Gasteiger partial charge < -0.3 is 14.6 Å². The van der Waals surface area contributed by atoms with E-state index >= 15 is 0 Å². The molecule has 134 valence electrons. The SMILES string of the molecule is COc1ccc(S(=O)(=O)N2CCC(O)c3cc(F)ccc32)cc1OC. The molecule has 2 aromatic carbocycles. The fourth-order valence-corrected chi connectivity index (χ4v) is 4.41. The number of hydrogen-bond acceptors (Lipinski definition) is 5. The molecule has 0 radical (unpaired) electrons. The van der Waals surface area contributed by atoms with Gasteiger partial charge in [-0.2, -0.15) is 0 Å². The van der Waals surface area contributed by atoms with Crippen molar-refractivity contribution in [3.8, 4) is 11.5 Å². The van der Waals surface area contributed by atoms with E-state index in [9.17, 15) is 17.9 Å². The Morgan fingerprint density at radius 2 is 1.84 bits per heavy atom. The highest BCUT2D eigenvalue weighted by molar-refractivity contribution is 7.92. The van der Waals surface area contributed by atoms with Gasteiger partial charge in [-0.05, 0) is 36.8 Å². The van der Waals surface area contributed by atoms with Crippen LogP contribution >= 0.6 is 0 Å². The summed E-state index contributed by atoms with van der Waals surface area (Å²) < 4.78 is 51.1. The number of anilines is 1. The van der Waals surface area contributed by atoms with Crippen molar-refractivity contribution in [1.82, 2.24) is 0 Å². The Labute approximate surface area is 145 Å². The van der Waals surface area contributed by atoms with Gasteiger partial charge in [0.15, 0.2) is 11.5 Å². The van der Waals surface area contributed by atoms with Gasteiger partial charge in [0, 0.05) is 18.2 Å². The Bertz CT molecular complexity index is 900. The van der Waals surface area contributed by atoms with Crippen LogP contribution in [0.3, 0.4) is 0 Å². The first-order valence-corrected chi connectivity index (χ1v) is 9.04. The van der Waals surface area contributed by atoms with Crippen molar-refractivity contribution in [2.24, 2.45) is 0 Å². The molecule has 3 rings (SSSR count). The summed E-state index contributed by atoms with van der Waals surface area (Å²) in [7, 11) is -1.02. The predicted octanol–water partition coefficient (Wildman–Crippen LogP) is 2.48. The van der Waals surface area contributed by atoms with Crippen LogP contribution in [0.2, 0.25) is 0 Å². The van der Waals surface area contributed by atoms with Gasteiger partial charge in [0.1, 0.15) is 5.82 Å². The first-order valence-electron chi connectivity index (χ1n) is 7.60. The lowest BCUT2D eigenvalue weighted by Gasteiger charge is -2.33. The minimum atomic E-state index is -3.91. The number of aliphatic hydroxyl groups excluding tert-OH is 1. The standard InChI is InChI=1S/C17H18FNO5S/c1-23-16-6-4-12(10-17(16)24-2)25(21,22)19-8-7-15(20)13-9-11(18)3-5-14(13)19/h3-6,9-10,15,20H,7-8H2,1-2H3. The summed E-state index contributed by atoms with van der Waals surface area (Å²) in [6, 6.07) is 8.01. The molecule has 1 atom stereocenters. The largest absolute Gasteiger partial charge is 0.493 e. The van der Waals surface area contributed by atoms with Crippen LogP contribution in [0.25, 0.3) is 0 Å². The topological polar surface area (TPSA) is 76.1 Å². The Balaban J connectivity index is 2.09. The molecule has 0 bridgehead atoms. The monoisotopic (exact) mass is 367 g/mol. The van der Waals surface area contributed by atoms with Crippen molar-refractivity contribution in [3.63, 3.8) is 0 Å². The Hall–Kier alpha value is -2.32. The van der Waals surface area contributed by atoms with Crippen molar-refractivity contribution < 1.29 is 27.4 Å². The summed E-state index contributed by atoms with van der Waals surface area (Å²) >= 11 is 0. The molecule has 8 heteroatoms. The molecule has 1 aliphatic heterocycles. The van der Waals surface area contributed by atoms with Gasteiger partial charge in [0.05, 0.1) is 30.9 Å². The average Bonchev–Trinajstić information content (AvgIpc) is 2.61. The minimum Gasteiger partial charge on any atom is -0.493 e. The summed E-state index contributed by atoms with van der Waals surface area (Å²) in [5.41, 5.74) is 0.533. The van der Waals surface area contributed by atoms with Crippen molar-refractivity contribution in [3.05, 3.63) is 47.8 Å². The molecule has 2 aromatic rings. The molecule has 0 spiro atoms. The first-order chi connectivity index (χ1) is 11.9. The number of aliphatic hydroxyl groups is 1. The van der Waals surface area contributed by atoms with Gasteiger partial charge in [-0.25, -0.2) is 12.8 Å². The molecule has 0 aliphatic carbocycles. The molecule has 1 aliphatic rings. The molecule has 6 nitrogen and oxygen atoms in total. The van der Waals surface area contributed by atoms with E-state index in [1.165, 1.54) is 48.9 Å². The molecule has 25 heavy (non-hydrogen) atoms. The number of ether oxygens (including phenoxy) is 2. The van der Waals surface area contributed by atoms with Gasteiger partial charge in [0.25, 0.3) is 10.0 Å². The second-order valence-electron chi connectivity index (χ2n) is 5.60. The Morgan fingerprint density at radius 3 is 2.52 bits per heavy atom. The third kappa shape index (κ3) is 3.03. The van der Waals surface area contributed by atoms with E-state index in [1.54, 1.807) is 0 Å². The lowest BCUT2D eigenvalue weighted by atomic mass is 10.0. The second-order valence-corrected chi connectivity index (χ2v) is 7.46. The molecule has 0 saturated carbocycles. The molecule has 0 fully saturated rings. The number of benzene rings is 2. The smallest absolute Gasteiger partial charge is 0.264 e. The zero-order valence-electron chi connectivity index (χ0n) is 13.8. The van der Waals surface area contributed by atoms with Gasteiger partial charge in [-0.15, -0.1) is 0 Å². The van der Waals surface area contributed by atoms with E-state index in [2.05, 4.69) is 0 Å². The van der Waals surface area contributed by atoms with Gasteiger partial charge >= 0.3 is 0 Å². The molecule has 0 amide bonds. The van der Waals surface area contributed by atoms with Crippen LogP contribution in [0.1, 0.15) is 18.1 Å².